The van der Waals surface area contributed by atoms with E-state index in [-0.39, 0.29) is 0 Å². The van der Waals surface area contributed by atoms with Gasteiger partial charge in [0, 0.05) is 11.9 Å². The minimum atomic E-state index is 0.500. The van der Waals surface area contributed by atoms with Crippen molar-refractivity contribution in [3.8, 4) is 0 Å². The summed E-state index contributed by atoms with van der Waals surface area (Å²) in [5.41, 5.74) is 5.23. The second-order valence-corrected chi connectivity index (χ2v) is 5.91. The number of anilines is 2. The molecule has 8 heteroatoms. The van der Waals surface area contributed by atoms with Crippen molar-refractivity contribution in [1.29, 1.82) is 0 Å². The van der Waals surface area contributed by atoms with Gasteiger partial charge in [-0.15, -0.1) is 0 Å². The van der Waals surface area contributed by atoms with Crippen LogP contribution in [0.5, 0.6) is 0 Å². The summed E-state index contributed by atoms with van der Waals surface area (Å²) in [6.07, 6.45) is 5.98. The number of hydrogen-bond donors (Lipinski definition) is 1. The zero-order chi connectivity index (χ0) is 17.6. The highest BCUT2D eigenvalue weighted by molar-refractivity contribution is 5.81. The van der Waals surface area contributed by atoms with Gasteiger partial charge in [0.2, 0.25) is 5.95 Å². The van der Waals surface area contributed by atoms with Gasteiger partial charge >= 0.3 is 0 Å². The summed E-state index contributed by atoms with van der Waals surface area (Å²) in [4.78, 5) is 13.2. The smallest absolute Gasteiger partial charge is 0.229 e. The fraction of sp³-hybridized carbons (Fsp3) is 0.235. The highest BCUT2D eigenvalue weighted by Gasteiger charge is 2.13. The molecule has 4 heterocycles. The van der Waals surface area contributed by atoms with Gasteiger partial charge in [0.1, 0.15) is 6.33 Å². The van der Waals surface area contributed by atoms with E-state index < -0.39 is 0 Å². The minimum absolute atomic E-state index is 0.500. The highest BCUT2D eigenvalue weighted by Crippen LogP contribution is 2.23. The van der Waals surface area contributed by atoms with Crippen LogP contribution in [0, 0.1) is 13.8 Å². The van der Waals surface area contributed by atoms with Gasteiger partial charge < -0.3 is 5.32 Å². The maximum Gasteiger partial charge on any atom is 0.229 e. The van der Waals surface area contributed by atoms with Gasteiger partial charge in [-0.05, 0) is 31.9 Å². The largest absolute Gasteiger partial charge is 0.323 e. The van der Waals surface area contributed by atoms with Gasteiger partial charge in [0.05, 0.1) is 23.0 Å². The van der Waals surface area contributed by atoms with Crippen molar-refractivity contribution in [3.63, 3.8) is 0 Å². The van der Waals surface area contributed by atoms with Gasteiger partial charge in [0.25, 0.3) is 0 Å². The van der Waals surface area contributed by atoms with Gasteiger partial charge in [-0.2, -0.15) is 15.2 Å². The zero-order valence-electron chi connectivity index (χ0n) is 14.4. The van der Waals surface area contributed by atoms with Crippen molar-refractivity contribution >= 4 is 34.0 Å². The van der Waals surface area contributed by atoms with Crippen molar-refractivity contribution in [1.82, 2.24) is 34.3 Å². The third-order valence-corrected chi connectivity index (χ3v) is 4.19. The van der Waals surface area contributed by atoms with E-state index in [1.54, 1.807) is 15.4 Å². The molecule has 0 aromatic carbocycles. The van der Waals surface area contributed by atoms with Crippen molar-refractivity contribution in [3.05, 3.63) is 42.6 Å². The molecule has 4 aromatic rings. The zero-order valence-corrected chi connectivity index (χ0v) is 14.4. The van der Waals surface area contributed by atoms with E-state index >= 15 is 0 Å². The molecule has 0 amide bonds. The molecule has 0 bridgehead atoms. The molecule has 4 rings (SSSR count). The molecule has 4 aromatic heterocycles. The Hall–Kier alpha value is -3.29. The summed E-state index contributed by atoms with van der Waals surface area (Å²) in [6, 6.07) is 1.96. The predicted molar refractivity (Wildman–Crippen MR) is 96.7 cm³/mol. The van der Waals surface area contributed by atoms with Crippen molar-refractivity contribution in [2.75, 3.05) is 5.32 Å². The first-order valence-electron chi connectivity index (χ1n) is 8.04. The molecule has 0 aliphatic rings. The lowest BCUT2D eigenvalue weighted by molar-refractivity contribution is 0.865. The van der Waals surface area contributed by atoms with Crippen LogP contribution >= 0.6 is 0 Å². The Morgan fingerprint density at radius 1 is 1.28 bits per heavy atom. The summed E-state index contributed by atoms with van der Waals surface area (Å²) < 4.78 is 3.49. The first kappa shape index (κ1) is 15.3. The number of pyridine rings is 1. The monoisotopic (exact) mass is 334 g/mol. The quantitative estimate of drug-likeness (QED) is 0.617. The third-order valence-electron chi connectivity index (χ3n) is 4.19. The maximum atomic E-state index is 4.64. The van der Waals surface area contributed by atoms with E-state index in [1.165, 1.54) is 6.33 Å². The maximum absolute atomic E-state index is 4.64. The standard InChI is InChI=1S/C17H18N8/c1-5-11(3)25-16-13(12(4)23-25)7-18-17(22-16)21-14-8-24-15(6-10(14)2)19-9-20-24/h6-9H,3,5H2,1-2,4H3,(H,18,21,22). The molecule has 0 aliphatic carbocycles. The van der Waals surface area contributed by atoms with E-state index in [4.69, 9.17) is 0 Å². The molecular weight excluding hydrogens is 316 g/mol. The molecule has 8 nitrogen and oxygen atoms in total. The van der Waals surface area contributed by atoms with E-state index in [1.807, 2.05) is 33.0 Å². The summed E-state index contributed by atoms with van der Waals surface area (Å²) in [5, 5.41) is 12.9. The molecular formula is C17H18N8. The molecule has 126 valence electrons. The molecule has 0 spiro atoms. The number of hydrogen-bond acceptors (Lipinski definition) is 6. The van der Waals surface area contributed by atoms with E-state index in [0.29, 0.717) is 5.95 Å². The lowest BCUT2D eigenvalue weighted by Gasteiger charge is -2.09. The fourth-order valence-electron chi connectivity index (χ4n) is 2.68. The Morgan fingerprint density at radius 3 is 2.92 bits per heavy atom. The van der Waals surface area contributed by atoms with Crippen LogP contribution in [0.1, 0.15) is 24.6 Å². The number of aryl methyl sites for hydroxylation is 2. The molecule has 0 atom stereocenters. The van der Waals surface area contributed by atoms with Crippen LogP contribution in [-0.4, -0.2) is 34.3 Å². The lowest BCUT2D eigenvalue weighted by Crippen LogP contribution is -2.03. The average Bonchev–Trinajstić information content (AvgIpc) is 3.18. The van der Waals surface area contributed by atoms with Crippen molar-refractivity contribution in [2.24, 2.45) is 0 Å². The number of fused-ring (bicyclic) bond motifs is 2. The van der Waals surface area contributed by atoms with Gasteiger partial charge in [-0.25, -0.2) is 19.2 Å². The van der Waals surface area contributed by atoms with Crippen LogP contribution in [0.3, 0.4) is 0 Å². The SMILES string of the molecule is C=C(CC)n1nc(C)c2cnc(Nc3cn4ncnc4cc3C)nc21. The Labute approximate surface area is 144 Å². The van der Waals surface area contributed by atoms with Crippen LogP contribution in [0.25, 0.3) is 22.4 Å². The minimum Gasteiger partial charge on any atom is -0.323 e. The second kappa shape index (κ2) is 5.66. The highest BCUT2D eigenvalue weighted by atomic mass is 15.3. The molecule has 25 heavy (non-hydrogen) atoms. The summed E-state index contributed by atoms with van der Waals surface area (Å²) in [5.74, 6) is 0.500. The number of nitrogens with one attached hydrogen (secondary N) is 1. The Morgan fingerprint density at radius 2 is 2.12 bits per heavy atom. The number of rotatable bonds is 4. The molecule has 0 aliphatic heterocycles. The normalized spacial score (nSPS) is 11.3. The van der Waals surface area contributed by atoms with Crippen LogP contribution in [0.4, 0.5) is 11.6 Å². The van der Waals surface area contributed by atoms with Crippen LogP contribution in [-0.2, 0) is 0 Å². The number of nitrogens with zero attached hydrogens (tertiary/aromatic N) is 7. The van der Waals surface area contributed by atoms with Crippen molar-refractivity contribution < 1.29 is 0 Å². The van der Waals surface area contributed by atoms with Gasteiger partial charge in [-0.3, -0.25) is 0 Å². The molecule has 0 fully saturated rings. The number of aromatic nitrogens is 7. The Bertz CT molecular complexity index is 1100. The molecule has 0 unspecified atom stereocenters. The van der Waals surface area contributed by atoms with E-state index in [9.17, 15) is 0 Å². The molecule has 0 saturated carbocycles. The van der Waals surface area contributed by atoms with Gasteiger partial charge in [-0.1, -0.05) is 13.5 Å². The average molecular weight is 334 g/mol. The van der Waals surface area contributed by atoms with Crippen LogP contribution < -0.4 is 5.32 Å². The Kier molecular flexibility index (Phi) is 3.45. The third kappa shape index (κ3) is 2.51. The lowest BCUT2D eigenvalue weighted by atomic mass is 10.2. The van der Waals surface area contributed by atoms with Crippen LogP contribution in [0.15, 0.2) is 31.4 Å². The second-order valence-electron chi connectivity index (χ2n) is 5.91. The topological polar surface area (TPSA) is 85.8 Å². The molecule has 1 N–H and O–H groups in total. The van der Waals surface area contributed by atoms with Crippen molar-refractivity contribution in [2.45, 2.75) is 27.2 Å². The van der Waals surface area contributed by atoms with Gasteiger partial charge in [0.15, 0.2) is 11.3 Å². The van der Waals surface area contributed by atoms with E-state index in [0.717, 1.165) is 45.7 Å². The molecule has 0 radical (unpaired) electrons. The predicted octanol–water partition coefficient (Wildman–Crippen LogP) is 3.11. The first-order valence-corrected chi connectivity index (χ1v) is 8.04. The summed E-state index contributed by atoms with van der Waals surface area (Å²) >= 11 is 0. The van der Waals surface area contributed by atoms with E-state index in [2.05, 4.69) is 37.0 Å². The summed E-state index contributed by atoms with van der Waals surface area (Å²) in [7, 11) is 0. The first-order chi connectivity index (χ1) is 12.1. The fourth-order valence-corrected chi connectivity index (χ4v) is 2.68. The summed E-state index contributed by atoms with van der Waals surface area (Å²) in [6.45, 7) is 10.1. The van der Waals surface area contributed by atoms with Crippen LogP contribution in [0.2, 0.25) is 0 Å². The Balaban J connectivity index is 1.78. The number of allylic oxidation sites excluding steroid dienone is 1. The molecule has 0 saturated heterocycles.